The number of carbonyl (C=O) groups is 2. The van der Waals surface area contributed by atoms with Crippen LogP contribution >= 0.6 is 23.4 Å². The van der Waals surface area contributed by atoms with Crippen molar-refractivity contribution in [3.8, 4) is 0 Å². The highest BCUT2D eigenvalue weighted by Gasteiger charge is 2.34. The molecule has 2 aromatic rings. The van der Waals surface area contributed by atoms with Gasteiger partial charge in [0.25, 0.3) is 11.1 Å². The summed E-state index contributed by atoms with van der Waals surface area (Å²) < 4.78 is 0. The number of nitrogens with one attached hydrogen (secondary N) is 1. The molecule has 0 atom stereocenters. The molecule has 0 aromatic heterocycles. The first-order valence-electron chi connectivity index (χ1n) is 7.35. The molecule has 122 valence electrons. The number of imide groups is 1. The van der Waals surface area contributed by atoms with Crippen LogP contribution in [0.4, 0.5) is 10.5 Å². The van der Waals surface area contributed by atoms with Crippen LogP contribution in [0.1, 0.15) is 11.1 Å². The summed E-state index contributed by atoms with van der Waals surface area (Å²) >= 11 is 7.03. The van der Waals surface area contributed by atoms with Gasteiger partial charge in [0, 0.05) is 10.7 Å². The zero-order valence-corrected chi connectivity index (χ0v) is 14.5. The van der Waals surface area contributed by atoms with Crippen molar-refractivity contribution in [1.29, 1.82) is 0 Å². The number of para-hydroxylation sites is 1. The number of rotatable bonds is 4. The van der Waals surface area contributed by atoms with E-state index < -0.39 is 0 Å². The molecule has 2 amide bonds. The molecular weight excluding hydrogens is 344 g/mol. The summed E-state index contributed by atoms with van der Waals surface area (Å²) in [5, 5.41) is 3.38. The van der Waals surface area contributed by atoms with E-state index in [1.165, 1.54) is 4.90 Å². The summed E-state index contributed by atoms with van der Waals surface area (Å²) in [5.41, 5.74) is 2.67. The first kappa shape index (κ1) is 16.6. The van der Waals surface area contributed by atoms with Crippen molar-refractivity contribution < 1.29 is 9.59 Å². The molecule has 1 heterocycles. The highest BCUT2D eigenvalue weighted by atomic mass is 35.5. The minimum absolute atomic E-state index is 0.134. The fourth-order valence-electron chi connectivity index (χ4n) is 2.31. The fraction of sp³-hybridized carbons (Fsp3) is 0.111. The van der Waals surface area contributed by atoms with Crippen LogP contribution in [-0.2, 0) is 4.79 Å². The Hall–Kier alpha value is -2.24. The van der Waals surface area contributed by atoms with Gasteiger partial charge in [-0.1, -0.05) is 48.0 Å². The first-order chi connectivity index (χ1) is 11.6. The molecule has 1 saturated heterocycles. The molecular formula is C18H15ClN2O2S. The standard InChI is InChI=1S/C18H15ClN2O2S/c1-12-6-2-5-9-15(12)20-11-21-17(22)16(24-18(21)23)10-13-7-3-4-8-14(13)19/h2-10,20H,11H2,1H3. The number of halogens is 1. The van der Waals surface area contributed by atoms with Crippen LogP contribution in [0.25, 0.3) is 6.08 Å². The predicted octanol–water partition coefficient (Wildman–Crippen LogP) is 4.75. The number of benzene rings is 2. The number of anilines is 1. The largest absolute Gasteiger partial charge is 0.367 e. The zero-order valence-electron chi connectivity index (χ0n) is 13.0. The lowest BCUT2D eigenvalue weighted by molar-refractivity contribution is -0.122. The number of hydrogen-bond acceptors (Lipinski definition) is 4. The number of nitrogens with zero attached hydrogens (tertiary/aromatic N) is 1. The smallest absolute Gasteiger partial charge is 0.295 e. The summed E-state index contributed by atoms with van der Waals surface area (Å²) in [5.74, 6) is -0.314. The average Bonchev–Trinajstić information content (AvgIpc) is 2.83. The molecule has 0 aliphatic carbocycles. The van der Waals surface area contributed by atoms with Crippen molar-refractivity contribution in [3.63, 3.8) is 0 Å². The third kappa shape index (κ3) is 3.47. The minimum atomic E-state index is -0.314. The van der Waals surface area contributed by atoms with E-state index in [0.717, 1.165) is 28.6 Å². The number of hydrogen-bond donors (Lipinski definition) is 1. The van der Waals surface area contributed by atoms with Crippen molar-refractivity contribution in [2.75, 3.05) is 12.0 Å². The quantitative estimate of drug-likeness (QED) is 0.801. The predicted molar refractivity (Wildman–Crippen MR) is 98.9 cm³/mol. The third-order valence-corrected chi connectivity index (χ3v) is 4.89. The molecule has 1 aliphatic rings. The van der Waals surface area contributed by atoms with Gasteiger partial charge in [-0.15, -0.1) is 0 Å². The normalized spacial score (nSPS) is 16.1. The van der Waals surface area contributed by atoms with Gasteiger partial charge in [-0.2, -0.15) is 0 Å². The number of aryl methyl sites for hydroxylation is 1. The van der Waals surface area contributed by atoms with Gasteiger partial charge in [0.15, 0.2) is 0 Å². The maximum Gasteiger partial charge on any atom is 0.295 e. The first-order valence-corrected chi connectivity index (χ1v) is 8.55. The van der Waals surface area contributed by atoms with Crippen LogP contribution in [-0.4, -0.2) is 22.7 Å². The highest BCUT2D eigenvalue weighted by Crippen LogP contribution is 2.33. The van der Waals surface area contributed by atoms with E-state index in [0.29, 0.717) is 9.93 Å². The van der Waals surface area contributed by atoms with E-state index in [-0.39, 0.29) is 17.8 Å². The molecule has 3 rings (SSSR count). The molecule has 1 N–H and O–H groups in total. The molecule has 0 unspecified atom stereocenters. The lowest BCUT2D eigenvalue weighted by Gasteiger charge is -2.15. The number of amides is 2. The summed E-state index contributed by atoms with van der Waals surface area (Å²) in [7, 11) is 0. The summed E-state index contributed by atoms with van der Waals surface area (Å²) in [6.45, 7) is 2.10. The Morgan fingerprint density at radius 3 is 2.58 bits per heavy atom. The van der Waals surface area contributed by atoms with Crippen LogP contribution in [0, 0.1) is 6.92 Å². The lowest BCUT2D eigenvalue weighted by Crippen LogP contribution is -2.33. The number of carbonyl (C=O) groups excluding carboxylic acids is 2. The second kappa shape index (κ2) is 7.11. The highest BCUT2D eigenvalue weighted by molar-refractivity contribution is 8.18. The lowest BCUT2D eigenvalue weighted by atomic mass is 10.2. The summed E-state index contributed by atoms with van der Waals surface area (Å²) in [4.78, 5) is 26.2. The second-order valence-electron chi connectivity index (χ2n) is 5.28. The van der Waals surface area contributed by atoms with Crippen LogP contribution in [0.2, 0.25) is 5.02 Å². The van der Waals surface area contributed by atoms with Crippen LogP contribution in [0.15, 0.2) is 53.4 Å². The monoisotopic (exact) mass is 358 g/mol. The number of thioether (sulfide) groups is 1. The van der Waals surface area contributed by atoms with E-state index >= 15 is 0 Å². The van der Waals surface area contributed by atoms with Gasteiger partial charge in [-0.3, -0.25) is 14.5 Å². The summed E-state index contributed by atoms with van der Waals surface area (Å²) in [6, 6.07) is 14.9. The molecule has 1 aliphatic heterocycles. The average molecular weight is 359 g/mol. The van der Waals surface area contributed by atoms with Crippen molar-refractivity contribution in [1.82, 2.24) is 4.90 Å². The van der Waals surface area contributed by atoms with E-state index in [2.05, 4.69) is 5.32 Å². The van der Waals surface area contributed by atoms with Crippen LogP contribution in [0.5, 0.6) is 0 Å². The Morgan fingerprint density at radius 2 is 1.83 bits per heavy atom. The van der Waals surface area contributed by atoms with Crippen molar-refractivity contribution in [3.05, 3.63) is 69.6 Å². The molecule has 24 heavy (non-hydrogen) atoms. The van der Waals surface area contributed by atoms with Gasteiger partial charge in [-0.05, 0) is 48.0 Å². The Bertz CT molecular complexity index is 835. The molecule has 2 aromatic carbocycles. The fourth-order valence-corrected chi connectivity index (χ4v) is 3.32. The third-order valence-electron chi connectivity index (χ3n) is 3.64. The zero-order chi connectivity index (χ0) is 17.1. The van der Waals surface area contributed by atoms with Gasteiger partial charge in [0.1, 0.15) is 0 Å². The molecule has 0 radical (unpaired) electrons. The van der Waals surface area contributed by atoms with Crippen LogP contribution < -0.4 is 5.32 Å². The van der Waals surface area contributed by atoms with Gasteiger partial charge in [0.2, 0.25) is 0 Å². The van der Waals surface area contributed by atoms with E-state index in [1.807, 2.05) is 49.4 Å². The molecule has 6 heteroatoms. The molecule has 0 saturated carbocycles. The second-order valence-corrected chi connectivity index (χ2v) is 6.68. The topological polar surface area (TPSA) is 49.4 Å². The Morgan fingerprint density at radius 1 is 1.12 bits per heavy atom. The van der Waals surface area contributed by atoms with E-state index in [1.54, 1.807) is 12.1 Å². The molecule has 4 nitrogen and oxygen atoms in total. The summed E-state index contributed by atoms with van der Waals surface area (Å²) in [6.07, 6.45) is 1.65. The molecule has 0 bridgehead atoms. The van der Waals surface area contributed by atoms with Gasteiger partial charge in [-0.25, -0.2) is 0 Å². The van der Waals surface area contributed by atoms with E-state index in [9.17, 15) is 9.59 Å². The van der Waals surface area contributed by atoms with E-state index in [4.69, 9.17) is 11.6 Å². The van der Waals surface area contributed by atoms with Gasteiger partial charge >= 0.3 is 0 Å². The van der Waals surface area contributed by atoms with Gasteiger partial charge < -0.3 is 5.32 Å². The Kier molecular flexibility index (Phi) is 4.92. The maximum absolute atomic E-state index is 12.5. The Balaban J connectivity index is 1.75. The van der Waals surface area contributed by atoms with Crippen LogP contribution in [0.3, 0.4) is 0 Å². The van der Waals surface area contributed by atoms with Crippen molar-refractivity contribution >= 4 is 46.3 Å². The Labute approximate surface area is 149 Å². The maximum atomic E-state index is 12.5. The minimum Gasteiger partial charge on any atom is -0.367 e. The molecule has 1 fully saturated rings. The van der Waals surface area contributed by atoms with Crippen molar-refractivity contribution in [2.24, 2.45) is 0 Å². The van der Waals surface area contributed by atoms with Crippen molar-refractivity contribution in [2.45, 2.75) is 6.92 Å². The van der Waals surface area contributed by atoms with Gasteiger partial charge in [0.05, 0.1) is 11.6 Å². The SMILES string of the molecule is Cc1ccccc1NCN1C(=O)SC(=Cc2ccccc2Cl)C1=O. The molecule has 0 spiro atoms.